The molecule has 1 rings (SSSR count). The maximum atomic E-state index is 10.5. The normalized spacial score (nSPS) is 11.3. The molecular formula is C7H10N4O. The van der Waals surface area contributed by atoms with Crippen LogP contribution in [0.3, 0.4) is 0 Å². The van der Waals surface area contributed by atoms with E-state index >= 15 is 0 Å². The summed E-state index contributed by atoms with van der Waals surface area (Å²) >= 11 is 0. The molecule has 1 aromatic rings. The monoisotopic (exact) mass is 166 g/mol. The lowest BCUT2D eigenvalue weighted by Gasteiger charge is -2.05. The number of hydroxylamine groups is 1. The Balaban J connectivity index is 2.79. The lowest BCUT2D eigenvalue weighted by Crippen LogP contribution is -2.11. The van der Waals surface area contributed by atoms with Gasteiger partial charge in [0.25, 0.3) is 0 Å². The van der Waals surface area contributed by atoms with Gasteiger partial charge in [-0.1, -0.05) is 0 Å². The molecule has 0 aliphatic heterocycles. The molecule has 64 valence electrons. The van der Waals surface area contributed by atoms with E-state index in [1.54, 1.807) is 25.5 Å². The van der Waals surface area contributed by atoms with Gasteiger partial charge in [-0.2, -0.15) is 4.86 Å². The van der Waals surface area contributed by atoms with Crippen LogP contribution in [0.5, 0.6) is 0 Å². The Morgan fingerprint density at radius 3 is 2.92 bits per heavy atom. The molecule has 0 saturated heterocycles. The summed E-state index contributed by atoms with van der Waals surface area (Å²) in [7, 11) is 3.01. The van der Waals surface area contributed by atoms with Crippen molar-refractivity contribution >= 4 is 5.69 Å². The van der Waals surface area contributed by atoms with Crippen molar-refractivity contribution in [2.24, 2.45) is 5.22 Å². The average Bonchev–Trinajstić information content (AvgIpc) is 2.05. The fourth-order valence-corrected chi connectivity index (χ4v) is 0.786. The Morgan fingerprint density at radius 2 is 2.42 bits per heavy atom. The van der Waals surface area contributed by atoms with Gasteiger partial charge in [0.05, 0.1) is 11.4 Å². The van der Waals surface area contributed by atoms with Gasteiger partial charge in [-0.3, -0.25) is 4.98 Å². The first-order valence-corrected chi connectivity index (χ1v) is 3.46. The zero-order valence-electron chi connectivity index (χ0n) is 7.01. The van der Waals surface area contributed by atoms with Gasteiger partial charge in [0, 0.05) is 6.20 Å². The summed E-state index contributed by atoms with van der Waals surface area (Å²) in [6.45, 7) is 0. The highest BCUT2D eigenvalue weighted by atomic mass is 16.5. The summed E-state index contributed by atoms with van der Waals surface area (Å²) in [4.78, 5) is 4.38. The predicted octanol–water partition coefficient (Wildman–Crippen LogP) is 1.03. The standard InChI is InChI=1S/C7H10N4O/c1-10(9-11(2)12)7-4-3-5-8-6-7/h3-6H,1-2H3/b11-9-. The van der Waals surface area contributed by atoms with E-state index in [4.69, 9.17) is 0 Å². The Hall–Kier alpha value is -1.65. The molecule has 0 bridgehead atoms. The second-order valence-corrected chi connectivity index (χ2v) is 2.29. The molecule has 0 amide bonds. The zero-order chi connectivity index (χ0) is 8.97. The number of anilines is 1. The molecule has 0 spiro atoms. The molecular weight excluding hydrogens is 156 g/mol. The summed E-state index contributed by atoms with van der Waals surface area (Å²) in [5.41, 5.74) is 0.778. The van der Waals surface area contributed by atoms with Crippen molar-refractivity contribution in [3.05, 3.63) is 29.7 Å². The highest BCUT2D eigenvalue weighted by Gasteiger charge is 2.03. The van der Waals surface area contributed by atoms with Crippen LogP contribution >= 0.6 is 0 Å². The molecule has 1 heterocycles. The third-order valence-corrected chi connectivity index (χ3v) is 1.28. The van der Waals surface area contributed by atoms with Crippen LogP contribution in [0.1, 0.15) is 0 Å². The third kappa shape index (κ3) is 2.19. The van der Waals surface area contributed by atoms with Crippen molar-refractivity contribution in [3.63, 3.8) is 0 Å². The molecule has 0 atom stereocenters. The van der Waals surface area contributed by atoms with Crippen molar-refractivity contribution in [3.8, 4) is 0 Å². The van der Waals surface area contributed by atoms with Crippen molar-refractivity contribution in [2.45, 2.75) is 0 Å². The van der Waals surface area contributed by atoms with E-state index in [2.05, 4.69) is 10.2 Å². The van der Waals surface area contributed by atoms with Crippen LogP contribution in [0.25, 0.3) is 0 Å². The molecule has 0 saturated carbocycles. The minimum Gasteiger partial charge on any atom is -0.696 e. The van der Waals surface area contributed by atoms with Crippen molar-refractivity contribution < 1.29 is 4.86 Å². The topological polar surface area (TPSA) is 54.6 Å². The van der Waals surface area contributed by atoms with E-state index in [-0.39, 0.29) is 0 Å². The van der Waals surface area contributed by atoms with Gasteiger partial charge >= 0.3 is 0 Å². The molecule has 0 aliphatic rings. The van der Waals surface area contributed by atoms with Crippen molar-refractivity contribution in [1.29, 1.82) is 0 Å². The van der Waals surface area contributed by atoms with Crippen LogP contribution in [-0.4, -0.2) is 23.9 Å². The molecule has 0 unspecified atom stereocenters. The summed E-state index contributed by atoms with van der Waals surface area (Å²) in [6, 6.07) is 3.60. The molecule has 0 aromatic carbocycles. The van der Waals surface area contributed by atoms with Crippen molar-refractivity contribution in [1.82, 2.24) is 4.98 Å². The summed E-state index contributed by atoms with van der Waals surface area (Å²) in [5.74, 6) is 0. The number of hydrogen-bond donors (Lipinski definition) is 0. The van der Waals surface area contributed by atoms with Gasteiger partial charge < -0.3 is 5.21 Å². The zero-order valence-corrected chi connectivity index (χ0v) is 7.01. The van der Waals surface area contributed by atoms with E-state index in [0.717, 1.165) is 5.69 Å². The van der Waals surface area contributed by atoms with E-state index in [1.807, 2.05) is 6.07 Å². The van der Waals surface area contributed by atoms with E-state index in [9.17, 15) is 5.21 Å². The summed E-state index contributed by atoms with van der Waals surface area (Å²) in [5, 5.41) is 15.6. The molecule has 0 radical (unpaired) electrons. The maximum Gasteiger partial charge on any atom is 0.167 e. The van der Waals surface area contributed by atoms with Crippen LogP contribution in [0.4, 0.5) is 5.69 Å². The van der Waals surface area contributed by atoms with Crippen LogP contribution in [0.2, 0.25) is 0 Å². The smallest absolute Gasteiger partial charge is 0.167 e. The van der Waals surface area contributed by atoms with Gasteiger partial charge in [0.1, 0.15) is 14.1 Å². The molecule has 1 aromatic heterocycles. The third-order valence-electron chi connectivity index (χ3n) is 1.28. The highest BCUT2D eigenvalue weighted by molar-refractivity contribution is 5.40. The second kappa shape index (κ2) is 3.66. The molecule has 0 aliphatic carbocycles. The van der Waals surface area contributed by atoms with Crippen LogP contribution < -0.4 is 5.01 Å². The van der Waals surface area contributed by atoms with Crippen LogP contribution in [0.15, 0.2) is 29.7 Å². The van der Waals surface area contributed by atoms with Crippen LogP contribution in [-0.2, 0) is 0 Å². The maximum absolute atomic E-state index is 10.5. The van der Waals surface area contributed by atoms with E-state index in [1.165, 1.54) is 12.1 Å². The Labute approximate surface area is 70.5 Å². The first-order chi connectivity index (χ1) is 5.70. The van der Waals surface area contributed by atoms with Gasteiger partial charge in [-0.25, -0.2) is 0 Å². The van der Waals surface area contributed by atoms with E-state index in [0.29, 0.717) is 4.86 Å². The summed E-state index contributed by atoms with van der Waals surface area (Å²) in [6.07, 6.45) is 3.30. The quantitative estimate of drug-likeness (QED) is 0.374. The van der Waals surface area contributed by atoms with Gasteiger partial charge in [-0.05, 0) is 12.1 Å². The molecule has 5 heteroatoms. The lowest BCUT2D eigenvalue weighted by molar-refractivity contribution is -0.500. The number of pyridine rings is 1. The average molecular weight is 166 g/mol. The SMILES string of the molecule is CN(/N=[N+](/C)[O-])c1cccnc1. The first kappa shape index (κ1) is 8.45. The number of aromatic nitrogens is 1. The summed E-state index contributed by atoms with van der Waals surface area (Å²) < 4.78 is 0. The van der Waals surface area contributed by atoms with E-state index < -0.39 is 0 Å². The molecule has 12 heavy (non-hydrogen) atoms. The number of nitrogens with zero attached hydrogens (tertiary/aromatic N) is 4. The fourth-order valence-electron chi connectivity index (χ4n) is 0.786. The minimum absolute atomic E-state index is 0.493. The van der Waals surface area contributed by atoms with Gasteiger partial charge in [0.15, 0.2) is 5.69 Å². The Kier molecular flexibility index (Phi) is 2.57. The largest absolute Gasteiger partial charge is 0.696 e. The van der Waals surface area contributed by atoms with Gasteiger partial charge in [0.2, 0.25) is 0 Å². The number of rotatable bonds is 2. The number of hydrogen-bond acceptors (Lipinski definition) is 3. The molecule has 5 nitrogen and oxygen atoms in total. The Morgan fingerprint density at radius 1 is 1.67 bits per heavy atom. The van der Waals surface area contributed by atoms with Gasteiger partial charge in [-0.15, -0.1) is 5.01 Å². The minimum atomic E-state index is 0.493. The van der Waals surface area contributed by atoms with Crippen molar-refractivity contribution in [2.75, 3.05) is 19.1 Å². The fraction of sp³-hybridized carbons (Fsp3) is 0.286. The predicted molar refractivity (Wildman–Crippen MR) is 44.6 cm³/mol. The lowest BCUT2D eigenvalue weighted by atomic mass is 10.4. The Bertz CT molecular complexity index is 268. The van der Waals surface area contributed by atoms with Crippen LogP contribution in [0, 0.1) is 5.21 Å². The molecule has 0 fully saturated rings. The second-order valence-electron chi connectivity index (χ2n) is 2.29. The highest BCUT2D eigenvalue weighted by Crippen LogP contribution is 2.08. The molecule has 0 N–H and O–H groups in total. The first-order valence-electron chi connectivity index (χ1n) is 3.46.